The number of fused-ring (bicyclic) bond motifs is 1. The zero-order valence-electron chi connectivity index (χ0n) is 13.8. The summed E-state index contributed by atoms with van der Waals surface area (Å²) in [6.45, 7) is 0.471. The van der Waals surface area contributed by atoms with Gasteiger partial charge in [0.15, 0.2) is 0 Å². The fraction of sp³-hybridized carbons (Fsp3) is 0.105. The molecule has 0 unspecified atom stereocenters. The smallest absolute Gasteiger partial charge is 0.325 e. The second-order valence-corrected chi connectivity index (χ2v) is 5.89. The van der Waals surface area contributed by atoms with Crippen LogP contribution in [0.3, 0.4) is 0 Å². The molecule has 2 heterocycles. The molecule has 3 aromatic rings. The van der Waals surface area contributed by atoms with E-state index in [1.54, 1.807) is 12.2 Å². The van der Waals surface area contributed by atoms with E-state index in [-0.39, 0.29) is 11.3 Å². The van der Waals surface area contributed by atoms with Crippen molar-refractivity contribution < 1.29 is 17.6 Å². The Morgan fingerprint density at radius 1 is 0.926 bits per heavy atom. The van der Waals surface area contributed by atoms with Crippen LogP contribution in [0.5, 0.6) is 0 Å². The molecule has 0 fully saturated rings. The molecule has 0 bridgehead atoms. The maximum atomic E-state index is 14.9. The van der Waals surface area contributed by atoms with E-state index < -0.39 is 28.9 Å². The Bertz CT molecular complexity index is 1080. The number of halogens is 4. The molecule has 1 aliphatic heterocycles. The number of anilines is 1. The third kappa shape index (κ3) is 3.25. The van der Waals surface area contributed by atoms with E-state index in [9.17, 15) is 17.6 Å². The first-order chi connectivity index (χ1) is 12.9. The molecule has 0 amide bonds. The van der Waals surface area contributed by atoms with Crippen molar-refractivity contribution in [1.29, 1.82) is 0 Å². The second kappa shape index (κ2) is 6.46. The zero-order valence-corrected chi connectivity index (χ0v) is 13.8. The summed E-state index contributed by atoms with van der Waals surface area (Å²) in [6, 6.07) is 7.45. The van der Waals surface area contributed by atoms with Crippen LogP contribution < -0.4 is 5.32 Å². The number of alkyl halides is 2. The number of nitrogens with zero attached hydrogens (tertiary/aromatic N) is 3. The summed E-state index contributed by atoms with van der Waals surface area (Å²) in [6.07, 6.45) is 3.48. The number of nitrogens with one attached hydrogen (secondary N) is 1. The van der Waals surface area contributed by atoms with Crippen molar-refractivity contribution in [3.63, 3.8) is 0 Å². The SMILES string of the molecule is Fc1ccc(C(F)(F)c2nc(NC3=NCC=C3)c3ccc(F)cc3n2)cc1. The lowest BCUT2D eigenvalue weighted by molar-refractivity contribution is 0.0333. The molecule has 0 atom stereocenters. The summed E-state index contributed by atoms with van der Waals surface area (Å²) < 4.78 is 56.6. The quantitative estimate of drug-likeness (QED) is 0.692. The predicted molar refractivity (Wildman–Crippen MR) is 94.0 cm³/mol. The van der Waals surface area contributed by atoms with Crippen molar-refractivity contribution in [2.75, 3.05) is 11.9 Å². The monoisotopic (exact) mass is 372 g/mol. The van der Waals surface area contributed by atoms with E-state index in [0.29, 0.717) is 17.8 Å². The van der Waals surface area contributed by atoms with Gasteiger partial charge in [0.1, 0.15) is 23.3 Å². The minimum Gasteiger partial charge on any atom is -0.325 e. The molecule has 27 heavy (non-hydrogen) atoms. The average Bonchev–Trinajstić information content (AvgIpc) is 3.14. The lowest BCUT2D eigenvalue weighted by Gasteiger charge is -2.17. The van der Waals surface area contributed by atoms with E-state index in [0.717, 1.165) is 30.3 Å². The van der Waals surface area contributed by atoms with E-state index >= 15 is 0 Å². The molecule has 8 heteroatoms. The molecule has 4 rings (SSSR count). The minimum atomic E-state index is -3.60. The molecule has 0 saturated carbocycles. The predicted octanol–water partition coefficient (Wildman–Crippen LogP) is 4.43. The van der Waals surface area contributed by atoms with Gasteiger partial charge < -0.3 is 5.32 Å². The molecule has 0 aliphatic carbocycles. The van der Waals surface area contributed by atoms with E-state index in [2.05, 4.69) is 20.3 Å². The van der Waals surface area contributed by atoms with Gasteiger partial charge in [0.05, 0.1) is 12.1 Å². The van der Waals surface area contributed by atoms with E-state index in [1.807, 2.05) is 0 Å². The van der Waals surface area contributed by atoms with Gasteiger partial charge in [-0.05, 0) is 42.5 Å². The van der Waals surface area contributed by atoms with Gasteiger partial charge in [-0.1, -0.05) is 6.08 Å². The molecule has 1 N–H and O–H groups in total. The Kier molecular flexibility index (Phi) is 4.10. The third-order valence-corrected chi connectivity index (χ3v) is 4.04. The van der Waals surface area contributed by atoms with Crippen LogP contribution in [-0.4, -0.2) is 22.3 Å². The summed E-state index contributed by atoms with van der Waals surface area (Å²) in [5.41, 5.74) is -0.449. The molecule has 1 aromatic heterocycles. The molecule has 4 nitrogen and oxygen atoms in total. The standard InChI is InChI=1S/C19H12F4N4/c20-12-5-3-11(4-6-12)19(22,23)18-25-15-10-13(21)7-8-14(15)17(27-18)26-16-2-1-9-24-16/h1-8,10H,9H2,(H,24,25,26,27). The number of benzene rings is 2. The van der Waals surface area contributed by atoms with E-state index in [4.69, 9.17) is 0 Å². The van der Waals surface area contributed by atoms with Crippen molar-refractivity contribution in [1.82, 2.24) is 9.97 Å². The molecule has 0 spiro atoms. The summed E-state index contributed by atoms with van der Waals surface area (Å²) in [7, 11) is 0. The summed E-state index contributed by atoms with van der Waals surface area (Å²) >= 11 is 0. The minimum absolute atomic E-state index is 0.0202. The maximum absolute atomic E-state index is 14.9. The van der Waals surface area contributed by atoms with Gasteiger partial charge in [-0.15, -0.1) is 0 Å². The van der Waals surface area contributed by atoms with Crippen LogP contribution in [0, 0.1) is 11.6 Å². The van der Waals surface area contributed by atoms with Gasteiger partial charge >= 0.3 is 5.92 Å². The van der Waals surface area contributed by atoms with Crippen LogP contribution in [0.1, 0.15) is 11.4 Å². The highest BCUT2D eigenvalue weighted by atomic mass is 19.3. The highest BCUT2D eigenvalue weighted by molar-refractivity contribution is 6.08. The van der Waals surface area contributed by atoms with Gasteiger partial charge in [-0.25, -0.2) is 18.7 Å². The number of rotatable bonds is 3. The summed E-state index contributed by atoms with van der Waals surface area (Å²) in [5.74, 6) is -5.13. The van der Waals surface area contributed by atoms with Crippen molar-refractivity contribution in [2.24, 2.45) is 4.99 Å². The van der Waals surface area contributed by atoms with Crippen molar-refractivity contribution >= 4 is 22.6 Å². The Morgan fingerprint density at radius 3 is 2.37 bits per heavy atom. The van der Waals surface area contributed by atoms with Crippen LogP contribution in [0.15, 0.2) is 59.6 Å². The molecule has 2 aromatic carbocycles. The maximum Gasteiger partial charge on any atom is 0.331 e. The summed E-state index contributed by atoms with van der Waals surface area (Å²) in [4.78, 5) is 12.0. The molecule has 0 saturated heterocycles. The molecular formula is C19H12F4N4. The third-order valence-electron chi connectivity index (χ3n) is 4.04. The zero-order chi connectivity index (χ0) is 19.0. The van der Waals surface area contributed by atoms with Crippen LogP contribution in [0.2, 0.25) is 0 Å². The topological polar surface area (TPSA) is 50.2 Å². The lowest BCUT2D eigenvalue weighted by Crippen LogP contribution is -2.21. The number of hydrogen-bond acceptors (Lipinski definition) is 4. The average molecular weight is 372 g/mol. The van der Waals surface area contributed by atoms with Gasteiger partial charge in [-0.3, -0.25) is 4.99 Å². The first-order valence-corrected chi connectivity index (χ1v) is 8.03. The molecular weight excluding hydrogens is 360 g/mol. The van der Waals surface area contributed by atoms with Gasteiger partial charge in [0.25, 0.3) is 0 Å². The molecule has 136 valence electrons. The largest absolute Gasteiger partial charge is 0.331 e. The number of amidine groups is 1. The number of hydrogen-bond donors (Lipinski definition) is 1. The van der Waals surface area contributed by atoms with Crippen molar-refractivity contribution in [3.05, 3.63) is 77.6 Å². The van der Waals surface area contributed by atoms with Crippen LogP contribution in [0.25, 0.3) is 10.9 Å². The second-order valence-electron chi connectivity index (χ2n) is 5.89. The van der Waals surface area contributed by atoms with Crippen LogP contribution >= 0.6 is 0 Å². The Balaban J connectivity index is 1.87. The fourth-order valence-electron chi connectivity index (χ4n) is 2.70. The normalized spacial score (nSPS) is 13.9. The van der Waals surface area contributed by atoms with E-state index in [1.165, 1.54) is 12.1 Å². The summed E-state index contributed by atoms with van der Waals surface area (Å²) in [5, 5.41) is 3.25. The van der Waals surface area contributed by atoms with Gasteiger partial charge in [0, 0.05) is 17.0 Å². The Labute approximate surface area is 151 Å². The van der Waals surface area contributed by atoms with Crippen LogP contribution in [0.4, 0.5) is 23.4 Å². The Hall–Kier alpha value is -3.29. The van der Waals surface area contributed by atoms with Gasteiger partial charge in [0.2, 0.25) is 5.82 Å². The number of aromatic nitrogens is 2. The van der Waals surface area contributed by atoms with Crippen molar-refractivity contribution in [3.8, 4) is 0 Å². The van der Waals surface area contributed by atoms with Crippen molar-refractivity contribution in [2.45, 2.75) is 5.92 Å². The number of aliphatic imine (C=N–C) groups is 1. The van der Waals surface area contributed by atoms with Crippen LogP contribution in [-0.2, 0) is 5.92 Å². The Morgan fingerprint density at radius 2 is 1.67 bits per heavy atom. The highest BCUT2D eigenvalue weighted by Crippen LogP contribution is 2.35. The first kappa shape index (κ1) is 17.1. The van der Waals surface area contributed by atoms with Gasteiger partial charge in [-0.2, -0.15) is 8.78 Å². The lowest BCUT2D eigenvalue weighted by atomic mass is 10.1. The fourth-order valence-corrected chi connectivity index (χ4v) is 2.70. The first-order valence-electron chi connectivity index (χ1n) is 8.03. The highest BCUT2D eigenvalue weighted by Gasteiger charge is 2.38. The molecule has 1 aliphatic rings. The molecule has 0 radical (unpaired) electrons.